The highest BCUT2D eigenvalue weighted by Crippen LogP contribution is 2.19. The van der Waals surface area contributed by atoms with Crippen molar-refractivity contribution in [2.24, 2.45) is 7.05 Å². The zero-order chi connectivity index (χ0) is 14.5. The lowest BCUT2D eigenvalue weighted by Crippen LogP contribution is -2.16. The number of hydrogen-bond acceptors (Lipinski definition) is 5. The van der Waals surface area contributed by atoms with Gasteiger partial charge in [0.2, 0.25) is 5.95 Å². The van der Waals surface area contributed by atoms with E-state index in [1.165, 1.54) is 17.2 Å². The van der Waals surface area contributed by atoms with Crippen molar-refractivity contribution in [3.05, 3.63) is 29.2 Å². The van der Waals surface area contributed by atoms with Crippen molar-refractivity contribution >= 4 is 29.3 Å². The smallest absolute Gasteiger partial charge is 0.259 e. The molecule has 8 heteroatoms. The van der Waals surface area contributed by atoms with Crippen molar-refractivity contribution in [3.8, 4) is 0 Å². The van der Waals surface area contributed by atoms with Gasteiger partial charge in [0.25, 0.3) is 5.91 Å². The second-order valence-corrected chi connectivity index (χ2v) is 4.54. The molecule has 0 atom stereocenters. The first-order valence-electron chi connectivity index (χ1n) is 6.16. The SMILES string of the molecule is CCCNc1cc(C(=O)Nc2ncnn2C)c(Cl)cn1. The highest BCUT2D eigenvalue weighted by molar-refractivity contribution is 6.34. The summed E-state index contributed by atoms with van der Waals surface area (Å²) in [5.74, 6) is 0.610. The van der Waals surface area contributed by atoms with E-state index in [1.807, 2.05) is 6.92 Å². The maximum atomic E-state index is 12.2. The number of nitrogens with one attached hydrogen (secondary N) is 2. The normalized spacial score (nSPS) is 10.3. The van der Waals surface area contributed by atoms with Crippen LogP contribution in [0.15, 0.2) is 18.6 Å². The average Bonchev–Trinajstić information content (AvgIpc) is 2.83. The summed E-state index contributed by atoms with van der Waals surface area (Å²) in [6.45, 7) is 2.82. The van der Waals surface area contributed by atoms with Crippen LogP contribution in [0.2, 0.25) is 5.02 Å². The second-order valence-electron chi connectivity index (χ2n) is 4.14. The molecule has 1 amide bonds. The number of anilines is 2. The molecule has 2 heterocycles. The summed E-state index contributed by atoms with van der Waals surface area (Å²) in [6, 6.07) is 1.61. The Bertz CT molecular complexity index is 612. The molecule has 0 saturated heterocycles. The highest BCUT2D eigenvalue weighted by atomic mass is 35.5. The molecule has 0 saturated carbocycles. The Morgan fingerprint density at radius 2 is 2.25 bits per heavy atom. The van der Waals surface area contributed by atoms with E-state index in [4.69, 9.17) is 11.6 Å². The Morgan fingerprint density at radius 3 is 2.90 bits per heavy atom. The summed E-state index contributed by atoms with van der Waals surface area (Å²) >= 11 is 6.01. The molecule has 0 aromatic carbocycles. The first-order chi connectivity index (χ1) is 9.61. The number of carbonyl (C=O) groups is 1. The van der Waals surface area contributed by atoms with Gasteiger partial charge in [-0.1, -0.05) is 18.5 Å². The monoisotopic (exact) mass is 294 g/mol. The van der Waals surface area contributed by atoms with Gasteiger partial charge in [0, 0.05) is 19.8 Å². The van der Waals surface area contributed by atoms with Crippen molar-refractivity contribution in [2.45, 2.75) is 13.3 Å². The second kappa shape index (κ2) is 6.33. The first kappa shape index (κ1) is 14.3. The van der Waals surface area contributed by atoms with Crippen LogP contribution in [-0.2, 0) is 7.05 Å². The fraction of sp³-hybridized carbons (Fsp3) is 0.333. The van der Waals surface area contributed by atoms with E-state index in [0.29, 0.717) is 17.3 Å². The first-order valence-corrected chi connectivity index (χ1v) is 6.54. The molecule has 0 unspecified atom stereocenters. The van der Waals surface area contributed by atoms with Gasteiger partial charge in [-0.3, -0.25) is 10.1 Å². The van der Waals surface area contributed by atoms with Crippen LogP contribution in [0.4, 0.5) is 11.8 Å². The molecular weight excluding hydrogens is 280 g/mol. The number of nitrogens with zero attached hydrogens (tertiary/aromatic N) is 4. The predicted molar refractivity (Wildman–Crippen MR) is 77.0 cm³/mol. The Labute approximate surface area is 121 Å². The van der Waals surface area contributed by atoms with Crippen LogP contribution >= 0.6 is 11.6 Å². The van der Waals surface area contributed by atoms with E-state index in [0.717, 1.165) is 13.0 Å². The maximum absolute atomic E-state index is 12.2. The van der Waals surface area contributed by atoms with Gasteiger partial charge < -0.3 is 5.32 Å². The lowest BCUT2D eigenvalue weighted by molar-refractivity contribution is 0.102. The fourth-order valence-electron chi connectivity index (χ4n) is 1.54. The van der Waals surface area contributed by atoms with Gasteiger partial charge in [-0.05, 0) is 12.5 Å². The van der Waals surface area contributed by atoms with E-state index in [1.54, 1.807) is 13.1 Å². The van der Waals surface area contributed by atoms with Gasteiger partial charge in [-0.15, -0.1) is 0 Å². The van der Waals surface area contributed by atoms with Crippen molar-refractivity contribution in [3.63, 3.8) is 0 Å². The number of halogens is 1. The number of aromatic nitrogens is 4. The zero-order valence-corrected chi connectivity index (χ0v) is 12.0. The molecule has 0 fully saturated rings. The summed E-state index contributed by atoms with van der Waals surface area (Å²) in [4.78, 5) is 20.2. The third-order valence-corrected chi connectivity index (χ3v) is 2.89. The number of pyridine rings is 1. The van der Waals surface area contributed by atoms with Gasteiger partial charge in [-0.2, -0.15) is 10.1 Å². The molecule has 106 valence electrons. The van der Waals surface area contributed by atoms with E-state index in [2.05, 4.69) is 25.7 Å². The number of hydrogen-bond donors (Lipinski definition) is 2. The van der Waals surface area contributed by atoms with Crippen molar-refractivity contribution in [1.29, 1.82) is 0 Å². The molecule has 0 aliphatic heterocycles. The largest absolute Gasteiger partial charge is 0.370 e. The van der Waals surface area contributed by atoms with Crippen LogP contribution in [0.3, 0.4) is 0 Å². The number of amides is 1. The molecule has 7 nitrogen and oxygen atoms in total. The average molecular weight is 295 g/mol. The fourth-order valence-corrected chi connectivity index (χ4v) is 1.73. The van der Waals surface area contributed by atoms with Gasteiger partial charge in [0.1, 0.15) is 12.1 Å². The standard InChI is InChI=1S/C12H15ClN6O/c1-3-4-14-10-5-8(9(13)6-15-10)11(20)18-12-16-7-17-19(12)2/h5-7H,3-4H2,1-2H3,(H,14,15)(H,16,17,18,20). The topological polar surface area (TPSA) is 84.7 Å². The minimum atomic E-state index is -0.354. The Kier molecular flexibility index (Phi) is 4.52. The highest BCUT2D eigenvalue weighted by Gasteiger charge is 2.14. The molecular formula is C12H15ClN6O. The van der Waals surface area contributed by atoms with Gasteiger partial charge in [-0.25, -0.2) is 9.67 Å². The Balaban J connectivity index is 2.18. The minimum absolute atomic E-state index is 0.284. The molecule has 2 N–H and O–H groups in total. The van der Waals surface area contributed by atoms with Crippen LogP contribution in [0.1, 0.15) is 23.7 Å². The van der Waals surface area contributed by atoms with Crippen LogP contribution in [-0.4, -0.2) is 32.2 Å². The zero-order valence-electron chi connectivity index (χ0n) is 11.2. The van der Waals surface area contributed by atoms with Crippen LogP contribution in [0, 0.1) is 0 Å². The Hall–Kier alpha value is -2.15. The molecule has 2 aromatic rings. The lowest BCUT2D eigenvalue weighted by atomic mass is 10.2. The van der Waals surface area contributed by atoms with Crippen LogP contribution in [0.5, 0.6) is 0 Å². The molecule has 0 bridgehead atoms. The summed E-state index contributed by atoms with van der Waals surface area (Å²) in [6.07, 6.45) is 3.77. The van der Waals surface area contributed by atoms with Gasteiger partial charge in [0.15, 0.2) is 0 Å². The molecule has 0 aliphatic rings. The maximum Gasteiger partial charge on any atom is 0.259 e. The lowest BCUT2D eigenvalue weighted by Gasteiger charge is -2.08. The van der Waals surface area contributed by atoms with E-state index in [-0.39, 0.29) is 10.9 Å². The Morgan fingerprint density at radius 1 is 1.45 bits per heavy atom. The van der Waals surface area contributed by atoms with Gasteiger partial charge >= 0.3 is 0 Å². The van der Waals surface area contributed by atoms with Crippen molar-refractivity contribution in [1.82, 2.24) is 19.7 Å². The minimum Gasteiger partial charge on any atom is -0.370 e. The molecule has 2 rings (SSSR count). The predicted octanol–water partition coefficient (Wildman–Crippen LogP) is 1.94. The summed E-state index contributed by atoms with van der Waals surface area (Å²) in [7, 11) is 1.69. The number of rotatable bonds is 5. The van der Waals surface area contributed by atoms with Crippen molar-refractivity contribution < 1.29 is 4.79 Å². The van der Waals surface area contributed by atoms with Crippen molar-refractivity contribution in [2.75, 3.05) is 17.2 Å². The van der Waals surface area contributed by atoms with Crippen LogP contribution < -0.4 is 10.6 Å². The third-order valence-electron chi connectivity index (χ3n) is 2.59. The molecule has 2 aromatic heterocycles. The van der Waals surface area contributed by atoms with E-state index in [9.17, 15) is 4.79 Å². The van der Waals surface area contributed by atoms with E-state index < -0.39 is 0 Å². The molecule has 0 aliphatic carbocycles. The molecule has 0 radical (unpaired) electrons. The van der Waals surface area contributed by atoms with Gasteiger partial charge in [0.05, 0.1) is 10.6 Å². The third kappa shape index (κ3) is 3.24. The molecule has 0 spiro atoms. The number of carbonyl (C=O) groups excluding carboxylic acids is 1. The summed E-state index contributed by atoms with van der Waals surface area (Å²) in [5.41, 5.74) is 0.336. The van der Waals surface area contributed by atoms with Crippen LogP contribution in [0.25, 0.3) is 0 Å². The summed E-state index contributed by atoms with van der Waals surface area (Å²) in [5, 5.41) is 9.91. The summed E-state index contributed by atoms with van der Waals surface area (Å²) < 4.78 is 1.46. The molecule has 20 heavy (non-hydrogen) atoms. The quantitative estimate of drug-likeness (QED) is 0.880. The van der Waals surface area contributed by atoms with E-state index >= 15 is 0 Å². The number of aryl methyl sites for hydroxylation is 1.